The molecule has 0 fully saturated rings. The van der Waals surface area contributed by atoms with Crippen molar-refractivity contribution in [2.24, 2.45) is 5.92 Å². The molecule has 20 heavy (non-hydrogen) atoms. The van der Waals surface area contributed by atoms with Gasteiger partial charge in [0.15, 0.2) is 7.28 Å². The van der Waals surface area contributed by atoms with Crippen molar-refractivity contribution in [2.45, 2.75) is 50.9 Å². The molecule has 0 heterocycles. The van der Waals surface area contributed by atoms with E-state index in [1.165, 1.54) is 11.6 Å². The Morgan fingerprint density at radius 3 is 3.05 bits per heavy atom. The maximum atomic E-state index is 13.1. The Morgan fingerprint density at radius 2 is 2.25 bits per heavy atom. The van der Waals surface area contributed by atoms with Crippen molar-refractivity contribution in [3.8, 4) is 0 Å². The SMILES string of the molecule is O=C[B]CCC(O)CCC1CCc2cc(F)ccc2C1. The fraction of sp³-hybridized carbons (Fsp3) is 0.562. The van der Waals surface area contributed by atoms with Crippen LogP contribution in [-0.2, 0) is 17.6 Å². The molecule has 2 rings (SSSR count). The highest BCUT2D eigenvalue weighted by Gasteiger charge is 2.19. The van der Waals surface area contributed by atoms with Crippen LogP contribution >= 0.6 is 0 Å². The highest BCUT2D eigenvalue weighted by Crippen LogP contribution is 2.29. The molecular weight excluding hydrogens is 254 g/mol. The summed E-state index contributed by atoms with van der Waals surface area (Å²) in [7, 11) is 1.55. The Hall–Kier alpha value is -1.16. The van der Waals surface area contributed by atoms with Crippen LogP contribution in [0.3, 0.4) is 0 Å². The number of aliphatic hydroxyl groups is 1. The van der Waals surface area contributed by atoms with E-state index in [-0.39, 0.29) is 11.9 Å². The first kappa shape index (κ1) is 15.2. The summed E-state index contributed by atoms with van der Waals surface area (Å²) in [5.41, 5.74) is 2.40. The number of benzene rings is 1. The van der Waals surface area contributed by atoms with Crippen LogP contribution < -0.4 is 0 Å². The van der Waals surface area contributed by atoms with Crippen molar-refractivity contribution in [1.29, 1.82) is 0 Å². The normalized spacial score (nSPS) is 19.2. The molecule has 1 aliphatic carbocycles. The second-order valence-corrected chi connectivity index (χ2v) is 5.70. The van der Waals surface area contributed by atoms with Crippen LogP contribution in [-0.4, -0.2) is 24.7 Å². The molecule has 0 spiro atoms. The van der Waals surface area contributed by atoms with Crippen molar-refractivity contribution in [3.63, 3.8) is 0 Å². The summed E-state index contributed by atoms with van der Waals surface area (Å²) in [6, 6.07) is 5.08. The molecule has 0 saturated carbocycles. The fourth-order valence-electron chi connectivity index (χ4n) is 2.97. The van der Waals surface area contributed by atoms with E-state index in [4.69, 9.17) is 0 Å². The van der Waals surface area contributed by atoms with Gasteiger partial charge in [-0.25, -0.2) is 4.39 Å². The molecule has 107 valence electrons. The van der Waals surface area contributed by atoms with Gasteiger partial charge in [-0.2, -0.15) is 0 Å². The van der Waals surface area contributed by atoms with Gasteiger partial charge >= 0.3 is 0 Å². The number of aliphatic hydroxyl groups excluding tert-OH is 1. The van der Waals surface area contributed by atoms with Crippen molar-refractivity contribution in [2.75, 3.05) is 0 Å². The Balaban J connectivity index is 1.76. The van der Waals surface area contributed by atoms with Gasteiger partial charge in [0.25, 0.3) is 0 Å². The summed E-state index contributed by atoms with van der Waals surface area (Å²) in [5.74, 6) is 0.432. The Kier molecular flexibility index (Phi) is 5.78. The molecule has 0 bridgehead atoms. The quantitative estimate of drug-likeness (QED) is 0.472. The first-order valence-electron chi connectivity index (χ1n) is 7.41. The molecule has 0 saturated heterocycles. The molecule has 0 aromatic heterocycles. The number of aryl methyl sites for hydroxylation is 1. The van der Waals surface area contributed by atoms with E-state index in [2.05, 4.69) is 0 Å². The second kappa shape index (κ2) is 7.58. The van der Waals surface area contributed by atoms with Gasteiger partial charge < -0.3 is 9.90 Å². The van der Waals surface area contributed by atoms with Crippen molar-refractivity contribution in [3.05, 3.63) is 35.1 Å². The summed E-state index contributed by atoms with van der Waals surface area (Å²) >= 11 is 0. The molecule has 2 unspecified atom stereocenters. The van der Waals surface area contributed by atoms with E-state index < -0.39 is 0 Å². The zero-order valence-electron chi connectivity index (χ0n) is 11.7. The molecule has 1 aromatic carbocycles. The van der Waals surface area contributed by atoms with Crippen molar-refractivity contribution >= 4 is 13.5 Å². The number of rotatable bonds is 7. The number of fused-ring (bicyclic) bond motifs is 1. The van der Waals surface area contributed by atoms with Crippen LogP contribution in [0.1, 0.15) is 36.8 Å². The van der Waals surface area contributed by atoms with Gasteiger partial charge in [-0.05, 0) is 67.7 Å². The third-order valence-corrected chi connectivity index (χ3v) is 4.17. The van der Waals surface area contributed by atoms with E-state index in [1.54, 1.807) is 13.3 Å². The van der Waals surface area contributed by atoms with Gasteiger partial charge in [0.05, 0.1) is 12.3 Å². The molecular formula is C16H21BFO2. The van der Waals surface area contributed by atoms with E-state index in [0.717, 1.165) is 43.9 Å². The van der Waals surface area contributed by atoms with Crippen LogP contribution in [0.5, 0.6) is 0 Å². The highest BCUT2D eigenvalue weighted by molar-refractivity contribution is 6.66. The average molecular weight is 275 g/mol. The third kappa shape index (κ3) is 4.45. The Bertz CT molecular complexity index is 450. The first-order valence-corrected chi connectivity index (χ1v) is 7.41. The average Bonchev–Trinajstić information content (AvgIpc) is 2.45. The van der Waals surface area contributed by atoms with Crippen molar-refractivity contribution < 1.29 is 14.3 Å². The summed E-state index contributed by atoms with van der Waals surface area (Å²) in [6.07, 6.45) is 6.56. The van der Waals surface area contributed by atoms with E-state index in [1.807, 2.05) is 6.07 Å². The molecule has 1 radical (unpaired) electrons. The predicted octanol–water partition coefficient (Wildman–Crippen LogP) is 2.77. The number of hydrogen-bond acceptors (Lipinski definition) is 2. The Labute approximate surface area is 120 Å². The molecule has 1 aliphatic rings. The van der Waals surface area contributed by atoms with Gasteiger partial charge in [-0.3, -0.25) is 0 Å². The van der Waals surface area contributed by atoms with Crippen LogP contribution in [0.4, 0.5) is 4.39 Å². The van der Waals surface area contributed by atoms with Crippen LogP contribution in [0.2, 0.25) is 6.32 Å². The number of hydrogen-bond donors (Lipinski definition) is 1. The maximum absolute atomic E-state index is 13.1. The minimum atomic E-state index is -0.319. The number of halogens is 1. The molecule has 2 nitrogen and oxygen atoms in total. The van der Waals surface area contributed by atoms with E-state index in [0.29, 0.717) is 18.7 Å². The molecule has 1 aromatic rings. The minimum absolute atomic E-state index is 0.149. The predicted molar refractivity (Wildman–Crippen MR) is 79.1 cm³/mol. The first-order chi connectivity index (χ1) is 9.69. The van der Waals surface area contributed by atoms with Gasteiger partial charge in [0.1, 0.15) is 5.82 Å². The van der Waals surface area contributed by atoms with Crippen LogP contribution in [0.25, 0.3) is 0 Å². The number of carbonyl (C=O) groups is 1. The number of carbonyl (C=O) groups excluding carboxylic acids is 1. The van der Waals surface area contributed by atoms with Crippen molar-refractivity contribution in [1.82, 2.24) is 0 Å². The fourth-order valence-corrected chi connectivity index (χ4v) is 2.97. The molecule has 0 aliphatic heterocycles. The zero-order chi connectivity index (χ0) is 14.4. The van der Waals surface area contributed by atoms with E-state index >= 15 is 0 Å². The highest BCUT2D eigenvalue weighted by atomic mass is 19.1. The minimum Gasteiger partial charge on any atom is -0.393 e. The largest absolute Gasteiger partial charge is 0.393 e. The lowest BCUT2D eigenvalue weighted by atomic mass is 9.74. The smallest absolute Gasteiger partial charge is 0.197 e. The summed E-state index contributed by atoms with van der Waals surface area (Å²) in [4.78, 5) is 10.2. The van der Waals surface area contributed by atoms with Crippen LogP contribution in [0.15, 0.2) is 18.2 Å². The molecule has 1 N–H and O–H groups in total. The lowest BCUT2D eigenvalue weighted by Gasteiger charge is -2.25. The second-order valence-electron chi connectivity index (χ2n) is 5.70. The summed E-state index contributed by atoms with van der Waals surface area (Å²) in [6.45, 7) is 0. The molecule has 4 heteroatoms. The van der Waals surface area contributed by atoms with Gasteiger partial charge in [0, 0.05) is 0 Å². The lowest BCUT2D eigenvalue weighted by Crippen LogP contribution is -2.17. The van der Waals surface area contributed by atoms with Crippen LogP contribution in [0, 0.1) is 11.7 Å². The zero-order valence-corrected chi connectivity index (χ0v) is 11.7. The third-order valence-electron chi connectivity index (χ3n) is 4.17. The van der Waals surface area contributed by atoms with Gasteiger partial charge in [-0.15, -0.1) is 0 Å². The maximum Gasteiger partial charge on any atom is 0.197 e. The lowest BCUT2D eigenvalue weighted by molar-refractivity contribution is 0.148. The molecule has 2 atom stereocenters. The summed E-state index contributed by atoms with van der Waals surface area (Å²) < 4.78 is 13.1. The monoisotopic (exact) mass is 275 g/mol. The standard InChI is InChI=1S/C16H21BFO2/c18-15-5-4-13-9-12(1-3-14(13)10-15)2-6-16(20)7-8-17-11-19/h4-5,10-12,16,20H,1-3,6-9H2. The molecule has 0 amide bonds. The summed E-state index contributed by atoms with van der Waals surface area (Å²) in [5, 5.41) is 9.85. The van der Waals surface area contributed by atoms with Gasteiger partial charge in [-0.1, -0.05) is 12.4 Å². The Morgan fingerprint density at radius 1 is 1.40 bits per heavy atom. The topological polar surface area (TPSA) is 37.3 Å². The van der Waals surface area contributed by atoms with Gasteiger partial charge in [0.2, 0.25) is 0 Å². The van der Waals surface area contributed by atoms with E-state index in [9.17, 15) is 14.3 Å².